The Bertz CT molecular complexity index is 450. The van der Waals surface area contributed by atoms with Gasteiger partial charge in [-0.05, 0) is 43.7 Å². The van der Waals surface area contributed by atoms with E-state index in [0.717, 1.165) is 18.6 Å². The highest BCUT2D eigenvalue weighted by Crippen LogP contribution is 2.42. The molecule has 98 valence electrons. The molecule has 1 atom stereocenters. The summed E-state index contributed by atoms with van der Waals surface area (Å²) < 4.78 is 10.2. The summed E-state index contributed by atoms with van der Waals surface area (Å²) in [4.78, 5) is 12.7. The van der Waals surface area contributed by atoms with Gasteiger partial charge in [0.1, 0.15) is 11.5 Å². The number of hydrogen-bond donors (Lipinski definition) is 0. The number of methoxy groups -OCH3 is 2. The monoisotopic (exact) mass is 266 g/mol. The first-order chi connectivity index (χ1) is 8.60. The van der Waals surface area contributed by atoms with Crippen molar-refractivity contribution in [2.75, 3.05) is 20.0 Å². The first kappa shape index (κ1) is 13.3. The molecule has 0 amide bonds. The first-order valence-corrected chi connectivity index (χ1v) is 7.00. The van der Waals surface area contributed by atoms with Gasteiger partial charge in [0.2, 0.25) is 0 Å². The third-order valence-corrected chi connectivity index (χ3v) is 4.87. The Balaban J connectivity index is 2.39. The number of hydrogen-bond acceptors (Lipinski definition) is 4. The molecule has 1 heterocycles. The van der Waals surface area contributed by atoms with Crippen LogP contribution in [0.4, 0.5) is 0 Å². The fourth-order valence-corrected chi connectivity index (χ4v) is 3.50. The van der Waals surface area contributed by atoms with Crippen molar-refractivity contribution in [3.63, 3.8) is 0 Å². The average molecular weight is 266 g/mol. The SMILES string of the molecule is COc1ccc(OC)c(C(=O)C2(C)CCCS2)c1. The van der Waals surface area contributed by atoms with Crippen molar-refractivity contribution >= 4 is 17.5 Å². The second kappa shape index (κ2) is 5.22. The molecule has 1 aromatic carbocycles. The van der Waals surface area contributed by atoms with Gasteiger partial charge in [-0.1, -0.05) is 0 Å². The number of Topliss-reactive ketones (excluding diaryl/α,β-unsaturated/α-hetero) is 1. The van der Waals surface area contributed by atoms with E-state index in [1.165, 1.54) is 0 Å². The van der Waals surface area contributed by atoms with E-state index < -0.39 is 0 Å². The maximum absolute atomic E-state index is 12.7. The van der Waals surface area contributed by atoms with Gasteiger partial charge in [-0.2, -0.15) is 0 Å². The topological polar surface area (TPSA) is 35.5 Å². The van der Waals surface area contributed by atoms with Crippen molar-refractivity contribution in [3.8, 4) is 11.5 Å². The molecule has 0 aromatic heterocycles. The Morgan fingerprint density at radius 3 is 2.67 bits per heavy atom. The maximum Gasteiger partial charge on any atom is 0.182 e. The molecule has 0 radical (unpaired) electrons. The van der Waals surface area contributed by atoms with Gasteiger partial charge in [0, 0.05) is 0 Å². The Morgan fingerprint density at radius 2 is 2.11 bits per heavy atom. The van der Waals surface area contributed by atoms with Crippen LogP contribution in [0.5, 0.6) is 11.5 Å². The van der Waals surface area contributed by atoms with Gasteiger partial charge < -0.3 is 9.47 Å². The van der Waals surface area contributed by atoms with Gasteiger partial charge in [-0.3, -0.25) is 4.79 Å². The number of thioether (sulfide) groups is 1. The van der Waals surface area contributed by atoms with E-state index in [1.54, 1.807) is 44.2 Å². The van der Waals surface area contributed by atoms with E-state index in [1.807, 2.05) is 6.92 Å². The Morgan fingerprint density at radius 1 is 1.33 bits per heavy atom. The van der Waals surface area contributed by atoms with E-state index in [0.29, 0.717) is 17.1 Å². The minimum absolute atomic E-state index is 0.140. The summed E-state index contributed by atoms with van der Waals surface area (Å²) in [7, 11) is 3.19. The highest BCUT2D eigenvalue weighted by molar-refractivity contribution is 8.01. The second-order valence-corrected chi connectivity index (χ2v) is 6.18. The van der Waals surface area contributed by atoms with Crippen molar-refractivity contribution in [2.24, 2.45) is 0 Å². The summed E-state index contributed by atoms with van der Waals surface area (Å²) in [5.74, 6) is 2.50. The van der Waals surface area contributed by atoms with Crippen LogP contribution in [0.15, 0.2) is 18.2 Å². The molecule has 1 unspecified atom stereocenters. The minimum Gasteiger partial charge on any atom is -0.497 e. The summed E-state index contributed by atoms with van der Waals surface area (Å²) in [5, 5.41) is 0. The third kappa shape index (κ3) is 2.34. The normalized spacial score (nSPS) is 22.8. The number of ether oxygens (including phenoxy) is 2. The number of carbonyl (C=O) groups excluding carboxylic acids is 1. The van der Waals surface area contributed by atoms with Crippen molar-refractivity contribution in [1.29, 1.82) is 0 Å². The zero-order valence-electron chi connectivity index (χ0n) is 11.0. The molecule has 3 nitrogen and oxygen atoms in total. The molecule has 0 saturated carbocycles. The lowest BCUT2D eigenvalue weighted by molar-refractivity contribution is 0.0945. The Labute approximate surface area is 112 Å². The zero-order valence-corrected chi connectivity index (χ0v) is 11.8. The molecule has 1 aliphatic rings. The lowest BCUT2D eigenvalue weighted by atomic mass is 9.94. The fraction of sp³-hybridized carbons (Fsp3) is 0.500. The van der Waals surface area contributed by atoms with E-state index in [9.17, 15) is 4.79 Å². The smallest absolute Gasteiger partial charge is 0.182 e. The third-order valence-electron chi connectivity index (χ3n) is 3.35. The largest absolute Gasteiger partial charge is 0.497 e. The van der Waals surface area contributed by atoms with Crippen molar-refractivity contribution in [1.82, 2.24) is 0 Å². The summed E-state index contributed by atoms with van der Waals surface area (Å²) in [5.41, 5.74) is 0.619. The Hall–Kier alpha value is -1.16. The molecule has 1 saturated heterocycles. The number of carbonyl (C=O) groups is 1. The zero-order chi connectivity index (χ0) is 13.2. The molecule has 0 N–H and O–H groups in total. The van der Waals surface area contributed by atoms with E-state index in [2.05, 4.69) is 0 Å². The van der Waals surface area contributed by atoms with Gasteiger partial charge in [0.25, 0.3) is 0 Å². The molecule has 1 aliphatic heterocycles. The van der Waals surface area contributed by atoms with Crippen LogP contribution in [0.1, 0.15) is 30.1 Å². The van der Waals surface area contributed by atoms with Gasteiger partial charge in [0.05, 0.1) is 24.5 Å². The predicted molar refractivity (Wildman–Crippen MR) is 74.0 cm³/mol. The molecule has 0 aliphatic carbocycles. The molecular formula is C14H18O3S. The lowest BCUT2D eigenvalue weighted by Crippen LogP contribution is -2.29. The van der Waals surface area contributed by atoms with Crippen LogP contribution >= 0.6 is 11.8 Å². The van der Waals surface area contributed by atoms with E-state index in [-0.39, 0.29) is 10.5 Å². The maximum atomic E-state index is 12.7. The van der Waals surface area contributed by atoms with Crippen molar-refractivity contribution in [2.45, 2.75) is 24.5 Å². The van der Waals surface area contributed by atoms with Crippen molar-refractivity contribution in [3.05, 3.63) is 23.8 Å². The highest BCUT2D eigenvalue weighted by Gasteiger charge is 2.38. The van der Waals surface area contributed by atoms with Crippen LogP contribution in [0, 0.1) is 0 Å². The van der Waals surface area contributed by atoms with Crippen LogP contribution in [0.3, 0.4) is 0 Å². The van der Waals surface area contributed by atoms with Gasteiger partial charge in [-0.15, -0.1) is 11.8 Å². The molecule has 18 heavy (non-hydrogen) atoms. The van der Waals surface area contributed by atoms with Crippen LogP contribution < -0.4 is 9.47 Å². The average Bonchev–Trinajstić information content (AvgIpc) is 2.85. The lowest BCUT2D eigenvalue weighted by Gasteiger charge is -2.22. The molecular weight excluding hydrogens is 248 g/mol. The molecule has 2 rings (SSSR count). The summed E-state index contributed by atoms with van der Waals surface area (Å²) in [6, 6.07) is 5.36. The summed E-state index contributed by atoms with van der Waals surface area (Å²) in [6.45, 7) is 2.02. The second-order valence-electron chi connectivity index (χ2n) is 4.58. The van der Waals surface area contributed by atoms with E-state index >= 15 is 0 Å². The van der Waals surface area contributed by atoms with Gasteiger partial charge in [-0.25, -0.2) is 0 Å². The summed E-state index contributed by atoms with van der Waals surface area (Å²) in [6.07, 6.45) is 2.02. The van der Waals surface area contributed by atoms with Crippen LogP contribution in [-0.2, 0) is 0 Å². The van der Waals surface area contributed by atoms with Crippen molar-refractivity contribution < 1.29 is 14.3 Å². The number of benzene rings is 1. The predicted octanol–water partition coefficient (Wildman–Crippen LogP) is 3.17. The van der Waals surface area contributed by atoms with Crippen LogP contribution in [-0.4, -0.2) is 30.5 Å². The number of rotatable bonds is 4. The highest BCUT2D eigenvalue weighted by atomic mass is 32.2. The standard InChI is InChI=1S/C14H18O3S/c1-14(7-4-8-18-14)13(15)11-9-10(16-2)5-6-12(11)17-3/h5-6,9H,4,7-8H2,1-3H3. The fourth-order valence-electron chi connectivity index (χ4n) is 2.23. The summed E-state index contributed by atoms with van der Waals surface area (Å²) >= 11 is 1.73. The molecule has 1 aromatic rings. The molecule has 0 spiro atoms. The van der Waals surface area contributed by atoms with Gasteiger partial charge in [0.15, 0.2) is 5.78 Å². The van der Waals surface area contributed by atoms with Gasteiger partial charge >= 0.3 is 0 Å². The number of ketones is 1. The van der Waals surface area contributed by atoms with Crippen LogP contribution in [0.2, 0.25) is 0 Å². The quantitative estimate of drug-likeness (QED) is 0.784. The van der Waals surface area contributed by atoms with Crippen LogP contribution in [0.25, 0.3) is 0 Å². The van der Waals surface area contributed by atoms with E-state index in [4.69, 9.17) is 9.47 Å². The minimum atomic E-state index is -0.320. The molecule has 4 heteroatoms. The molecule has 1 fully saturated rings. The Kier molecular flexibility index (Phi) is 3.85. The first-order valence-electron chi connectivity index (χ1n) is 6.01. The molecule has 0 bridgehead atoms.